The summed E-state index contributed by atoms with van der Waals surface area (Å²) in [5.74, 6) is 0.575. The Morgan fingerprint density at radius 3 is 2.74 bits per heavy atom. The highest BCUT2D eigenvalue weighted by atomic mass is 16.3. The molecule has 4 aromatic rings. The van der Waals surface area contributed by atoms with Gasteiger partial charge in [-0.05, 0) is 31.2 Å². The first-order valence-corrected chi connectivity index (χ1v) is 7.33. The van der Waals surface area contributed by atoms with Crippen molar-refractivity contribution in [1.82, 2.24) is 9.55 Å². The number of fused-ring (bicyclic) bond motifs is 2. The fraction of sp³-hybridized carbons (Fsp3) is 0.111. The van der Waals surface area contributed by atoms with Crippen molar-refractivity contribution in [3.63, 3.8) is 0 Å². The highest BCUT2D eigenvalue weighted by Gasteiger charge is 2.11. The van der Waals surface area contributed by atoms with Crippen LogP contribution in [0.5, 0.6) is 0 Å². The summed E-state index contributed by atoms with van der Waals surface area (Å²) in [6.45, 7) is 2.01. The fourth-order valence-electron chi connectivity index (χ4n) is 2.78. The van der Waals surface area contributed by atoms with E-state index in [1.54, 1.807) is 12.1 Å². The van der Waals surface area contributed by atoms with E-state index in [1.807, 2.05) is 43.3 Å². The predicted molar refractivity (Wildman–Crippen MR) is 88.9 cm³/mol. The molecule has 0 aliphatic rings. The van der Waals surface area contributed by atoms with Crippen LogP contribution < -0.4 is 11.2 Å². The molecule has 4 rings (SSSR count). The molecule has 0 unspecified atom stereocenters. The van der Waals surface area contributed by atoms with Gasteiger partial charge in [-0.15, -0.1) is 0 Å². The molecule has 0 spiro atoms. The van der Waals surface area contributed by atoms with Gasteiger partial charge in [-0.2, -0.15) is 0 Å². The Balaban J connectivity index is 1.88. The van der Waals surface area contributed by atoms with Crippen molar-refractivity contribution in [2.75, 3.05) is 0 Å². The third-order valence-electron chi connectivity index (χ3n) is 3.93. The summed E-state index contributed by atoms with van der Waals surface area (Å²) in [7, 11) is 0. The van der Waals surface area contributed by atoms with Crippen molar-refractivity contribution in [1.29, 1.82) is 0 Å². The summed E-state index contributed by atoms with van der Waals surface area (Å²) >= 11 is 0. The minimum Gasteiger partial charge on any atom is -0.459 e. The highest BCUT2D eigenvalue weighted by molar-refractivity contribution is 5.78. The van der Waals surface area contributed by atoms with Gasteiger partial charge in [0.25, 0.3) is 5.56 Å². The van der Waals surface area contributed by atoms with E-state index in [0.29, 0.717) is 16.7 Å². The maximum atomic E-state index is 12.6. The van der Waals surface area contributed by atoms with Crippen LogP contribution >= 0.6 is 0 Å². The number of aromatic nitrogens is 2. The molecule has 5 heteroatoms. The van der Waals surface area contributed by atoms with Gasteiger partial charge in [-0.25, -0.2) is 4.79 Å². The number of nitrogens with one attached hydrogen (secondary N) is 1. The average Bonchev–Trinajstić information content (AvgIpc) is 2.95. The molecule has 0 fully saturated rings. The van der Waals surface area contributed by atoms with Gasteiger partial charge in [0.15, 0.2) is 0 Å². The minimum atomic E-state index is -0.438. The molecule has 2 aromatic heterocycles. The Labute approximate surface area is 130 Å². The van der Waals surface area contributed by atoms with E-state index in [2.05, 4.69) is 4.98 Å². The van der Waals surface area contributed by atoms with Crippen LogP contribution in [0.2, 0.25) is 0 Å². The molecule has 0 amide bonds. The second kappa shape index (κ2) is 4.98. The summed E-state index contributed by atoms with van der Waals surface area (Å²) in [5, 5.41) is 1.45. The maximum Gasteiger partial charge on any atom is 0.329 e. The molecule has 114 valence electrons. The van der Waals surface area contributed by atoms with Crippen LogP contribution in [0.3, 0.4) is 0 Å². The fourth-order valence-corrected chi connectivity index (χ4v) is 2.78. The highest BCUT2D eigenvalue weighted by Crippen LogP contribution is 2.19. The number of hydrogen-bond acceptors (Lipinski definition) is 3. The summed E-state index contributed by atoms with van der Waals surface area (Å²) in [4.78, 5) is 27.6. The van der Waals surface area contributed by atoms with Gasteiger partial charge < -0.3 is 9.40 Å². The SMILES string of the molecule is Cc1ccc2[nH]c(=O)n(Cc3cc4ccccc4o3)c(=O)c2c1. The number of furan rings is 1. The first-order valence-electron chi connectivity index (χ1n) is 7.33. The number of hydrogen-bond donors (Lipinski definition) is 1. The molecule has 2 aromatic carbocycles. The molecule has 0 saturated carbocycles. The monoisotopic (exact) mass is 306 g/mol. The lowest BCUT2D eigenvalue weighted by atomic mass is 10.2. The standard InChI is InChI=1S/C18H14N2O3/c1-11-6-7-15-14(8-11)17(21)20(18(22)19-15)10-13-9-12-4-2-3-5-16(12)23-13/h2-9H,10H2,1H3,(H,19,22). The van der Waals surface area contributed by atoms with E-state index in [-0.39, 0.29) is 12.1 Å². The van der Waals surface area contributed by atoms with E-state index in [9.17, 15) is 9.59 Å². The maximum absolute atomic E-state index is 12.6. The van der Waals surface area contributed by atoms with E-state index in [0.717, 1.165) is 16.5 Å². The van der Waals surface area contributed by atoms with Crippen LogP contribution in [0, 0.1) is 6.92 Å². The van der Waals surface area contributed by atoms with Crippen molar-refractivity contribution >= 4 is 21.9 Å². The lowest BCUT2D eigenvalue weighted by Crippen LogP contribution is -2.35. The second-order valence-corrected chi connectivity index (χ2v) is 5.62. The van der Waals surface area contributed by atoms with E-state index in [4.69, 9.17) is 4.42 Å². The van der Waals surface area contributed by atoms with Gasteiger partial charge >= 0.3 is 5.69 Å². The molecule has 0 aliphatic heterocycles. The van der Waals surface area contributed by atoms with E-state index >= 15 is 0 Å². The Hall–Kier alpha value is -3.08. The molecule has 1 N–H and O–H groups in total. The van der Waals surface area contributed by atoms with Gasteiger partial charge in [0.05, 0.1) is 17.4 Å². The van der Waals surface area contributed by atoms with Gasteiger partial charge in [-0.1, -0.05) is 29.8 Å². The zero-order valence-corrected chi connectivity index (χ0v) is 12.5. The quantitative estimate of drug-likeness (QED) is 0.619. The molecule has 0 radical (unpaired) electrons. The van der Waals surface area contributed by atoms with Crippen molar-refractivity contribution < 1.29 is 4.42 Å². The van der Waals surface area contributed by atoms with Gasteiger partial charge in [0.1, 0.15) is 11.3 Å². The lowest BCUT2D eigenvalue weighted by Gasteiger charge is -2.05. The molecule has 0 aliphatic carbocycles. The van der Waals surface area contributed by atoms with E-state index < -0.39 is 5.69 Å². The number of nitrogens with zero attached hydrogens (tertiary/aromatic N) is 1. The van der Waals surface area contributed by atoms with Crippen LogP contribution in [-0.4, -0.2) is 9.55 Å². The molecule has 23 heavy (non-hydrogen) atoms. The third kappa shape index (κ3) is 2.26. The van der Waals surface area contributed by atoms with Crippen molar-refractivity contribution in [2.45, 2.75) is 13.5 Å². The molecule has 0 atom stereocenters. The Bertz CT molecular complexity index is 1120. The number of aryl methyl sites for hydroxylation is 1. The van der Waals surface area contributed by atoms with E-state index in [1.165, 1.54) is 4.57 Å². The summed E-state index contributed by atoms with van der Waals surface area (Å²) in [6, 6.07) is 14.8. The average molecular weight is 306 g/mol. The molecular weight excluding hydrogens is 292 g/mol. The number of aromatic amines is 1. The zero-order valence-electron chi connectivity index (χ0n) is 12.5. The minimum absolute atomic E-state index is 0.104. The van der Waals surface area contributed by atoms with Crippen LogP contribution in [0.1, 0.15) is 11.3 Å². The lowest BCUT2D eigenvalue weighted by molar-refractivity contribution is 0.516. The number of H-pyrrole nitrogens is 1. The predicted octanol–water partition coefficient (Wildman–Crippen LogP) is 2.79. The van der Waals surface area contributed by atoms with Crippen LogP contribution in [-0.2, 0) is 6.54 Å². The topological polar surface area (TPSA) is 68.0 Å². The first-order chi connectivity index (χ1) is 11.1. The van der Waals surface area contributed by atoms with Crippen LogP contribution in [0.4, 0.5) is 0 Å². The number of rotatable bonds is 2. The Kier molecular flexibility index (Phi) is 2.94. The number of para-hydroxylation sites is 1. The van der Waals surface area contributed by atoms with Crippen molar-refractivity contribution in [3.05, 3.63) is 80.7 Å². The van der Waals surface area contributed by atoms with Crippen molar-refractivity contribution in [3.8, 4) is 0 Å². The third-order valence-corrected chi connectivity index (χ3v) is 3.93. The van der Waals surface area contributed by atoms with Crippen molar-refractivity contribution in [2.24, 2.45) is 0 Å². The Morgan fingerprint density at radius 2 is 1.91 bits per heavy atom. The normalized spacial score (nSPS) is 11.3. The summed E-state index contributed by atoms with van der Waals surface area (Å²) < 4.78 is 6.87. The molecular formula is C18H14N2O3. The Morgan fingerprint density at radius 1 is 1.09 bits per heavy atom. The summed E-state index contributed by atoms with van der Waals surface area (Å²) in [6.07, 6.45) is 0. The zero-order chi connectivity index (χ0) is 16.0. The smallest absolute Gasteiger partial charge is 0.329 e. The second-order valence-electron chi connectivity index (χ2n) is 5.62. The summed E-state index contributed by atoms with van der Waals surface area (Å²) in [5.41, 5.74) is 1.51. The first kappa shape index (κ1) is 13.6. The van der Waals surface area contributed by atoms with Crippen LogP contribution in [0.25, 0.3) is 21.9 Å². The molecule has 5 nitrogen and oxygen atoms in total. The van der Waals surface area contributed by atoms with Gasteiger partial charge in [0, 0.05) is 5.39 Å². The molecule has 0 bridgehead atoms. The number of benzene rings is 2. The molecule has 2 heterocycles. The van der Waals surface area contributed by atoms with Crippen LogP contribution in [0.15, 0.2) is 62.5 Å². The molecule has 0 saturated heterocycles. The van der Waals surface area contributed by atoms with Gasteiger partial charge in [0.2, 0.25) is 0 Å². The largest absolute Gasteiger partial charge is 0.459 e. The van der Waals surface area contributed by atoms with Gasteiger partial charge in [-0.3, -0.25) is 9.36 Å².